The van der Waals surface area contributed by atoms with Crippen molar-refractivity contribution in [3.05, 3.63) is 35.4 Å². The van der Waals surface area contributed by atoms with E-state index >= 15 is 0 Å². The Morgan fingerprint density at radius 3 is 2.71 bits per heavy atom. The number of hydrogen-bond acceptors (Lipinski definition) is 3. The molecule has 0 saturated carbocycles. The van der Waals surface area contributed by atoms with Gasteiger partial charge in [0.05, 0.1) is 6.61 Å². The number of rotatable bonds is 6. The van der Waals surface area contributed by atoms with E-state index < -0.39 is 23.7 Å². The van der Waals surface area contributed by atoms with Crippen LogP contribution in [-0.2, 0) is 9.53 Å². The van der Waals surface area contributed by atoms with E-state index in [2.05, 4.69) is 0 Å². The average Bonchev–Trinajstić information content (AvgIpc) is 2.28. The molecule has 94 valence electrons. The minimum absolute atomic E-state index is 0.0522. The fraction of sp³-hybridized carbons (Fsp3) is 0.364. The molecule has 0 aromatic heterocycles. The first-order chi connectivity index (χ1) is 8.06. The first-order valence-corrected chi connectivity index (χ1v) is 4.96. The van der Waals surface area contributed by atoms with Gasteiger partial charge in [0, 0.05) is 12.2 Å². The number of carbonyl (C=O) groups is 1. The highest BCUT2D eigenvalue weighted by molar-refractivity contribution is 5.74. The Kier molecular flexibility index (Phi) is 4.99. The molecule has 6 heteroatoms. The third kappa shape index (κ3) is 3.76. The van der Waals surface area contributed by atoms with Crippen LogP contribution < -0.4 is 0 Å². The van der Waals surface area contributed by atoms with Gasteiger partial charge < -0.3 is 14.9 Å². The van der Waals surface area contributed by atoms with Crippen LogP contribution >= 0.6 is 0 Å². The number of halogens is 2. The standard InChI is InChI=1S/C11H12F2O4/c12-7-2-3-9(13)8(6-7)10(11(15)16)17-5-1-4-14/h2-3,6,10,14H,1,4-5H2,(H,15,16). The second-order valence-corrected chi connectivity index (χ2v) is 3.33. The van der Waals surface area contributed by atoms with Gasteiger partial charge in [-0.1, -0.05) is 0 Å². The van der Waals surface area contributed by atoms with Gasteiger partial charge in [0.15, 0.2) is 6.10 Å². The highest BCUT2D eigenvalue weighted by atomic mass is 19.1. The highest BCUT2D eigenvalue weighted by Gasteiger charge is 2.24. The van der Waals surface area contributed by atoms with Gasteiger partial charge in [0.1, 0.15) is 11.6 Å². The molecule has 1 aromatic carbocycles. The van der Waals surface area contributed by atoms with Crippen molar-refractivity contribution in [1.82, 2.24) is 0 Å². The lowest BCUT2D eigenvalue weighted by Crippen LogP contribution is -2.18. The fourth-order valence-corrected chi connectivity index (χ4v) is 1.28. The summed E-state index contributed by atoms with van der Waals surface area (Å²) in [4.78, 5) is 10.9. The molecule has 0 spiro atoms. The van der Waals surface area contributed by atoms with Crippen LogP contribution in [-0.4, -0.2) is 29.4 Å². The van der Waals surface area contributed by atoms with E-state index in [1.54, 1.807) is 0 Å². The van der Waals surface area contributed by atoms with Crippen molar-refractivity contribution in [2.24, 2.45) is 0 Å². The van der Waals surface area contributed by atoms with Crippen molar-refractivity contribution >= 4 is 5.97 Å². The summed E-state index contributed by atoms with van der Waals surface area (Å²) in [6.07, 6.45) is -1.35. The molecule has 1 rings (SSSR count). The van der Waals surface area contributed by atoms with Crippen LogP contribution in [0.2, 0.25) is 0 Å². The fourth-order valence-electron chi connectivity index (χ4n) is 1.28. The molecule has 0 aliphatic heterocycles. The first kappa shape index (κ1) is 13.5. The predicted molar refractivity (Wildman–Crippen MR) is 54.4 cm³/mol. The van der Waals surface area contributed by atoms with E-state index in [0.29, 0.717) is 0 Å². The van der Waals surface area contributed by atoms with Crippen LogP contribution in [0, 0.1) is 11.6 Å². The lowest BCUT2D eigenvalue weighted by Gasteiger charge is -2.14. The van der Waals surface area contributed by atoms with E-state index in [0.717, 1.165) is 18.2 Å². The van der Waals surface area contributed by atoms with Crippen molar-refractivity contribution in [2.45, 2.75) is 12.5 Å². The molecule has 1 unspecified atom stereocenters. The maximum atomic E-state index is 13.3. The average molecular weight is 246 g/mol. The zero-order valence-electron chi connectivity index (χ0n) is 8.90. The van der Waals surface area contributed by atoms with Gasteiger partial charge in [-0.05, 0) is 24.6 Å². The molecule has 2 N–H and O–H groups in total. The summed E-state index contributed by atoms with van der Waals surface area (Å²) in [6.45, 7) is -0.221. The zero-order chi connectivity index (χ0) is 12.8. The number of aliphatic hydroxyl groups excluding tert-OH is 1. The number of hydrogen-bond donors (Lipinski definition) is 2. The molecule has 1 aromatic rings. The molecule has 1 atom stereocenters. The minimum atomic E-state index is -1.57. The molecule has 0 heterocycles. The number of ether oxygens (including phenoxy) is 1. The summed E-state index contributed by atoms with van der Waals surface area (Å²) in [5, 5.41) is 17.4. The first-order valence-electron chi connectivity index (χ1n) is 4.96. The van der Waals surface area contributed by atoms with Crippen LogP contribution in [0.3, 0.4) is 0 Å². The number of carboxylic acids is 1. The van der Waals surface area contributed by atoms with Gasteiger partial charge in [0.25, 0.3) is 0 Å². The number of aliphatic carboxylic acids is 1. The normalized spacial score (nSPS) is 12.4. The molecular weight excluding hydrogens is 234 g/mol. The van der Waals surface area contributed by atoms with E-state index in [-0.39, 0.29) is 25.2 Å². The highest BCUT2D eigenvalue weighted by Crippen LogP contribution is 2.22. The van der Waals surface area contributed by atoms with Gasteiger partial charge in [-0.15, -0.1) is 0 Å². The molecule has 0 radical (unpaired) electrons. The Morgan fingerprint density at radius 2 is 2.12 bits per heavy atom. The Labute approximate surface area is 96.5 Å². The molecule has 17 heavy (non-hydrogen) atoms. The molecule has 0 aliphatic carbocycles. The van der Waals surface area contributed by atoms with Crippen LogP contribution in [0.1, 0.15) is 18.1 Å². The number of carboxylic acid groups (broad SMARTS) is 1. The van der Waals surface area contributed by atoms with E-state index in [1.165, 1.54) is 0 Å². The van der Waals surface area contributed by atoms with Crippen LogP contribution in [0.5, 0.6) is 0 Å². The van der Waals surface area contributed by atoms with Crippen molar-refractivity contribution < 1.29 is 28.5 Å². The van der Waals surface area contributed by atoms with Crippen LogP contribution in [0.4, 0.5) is 8.78 Å². The minimum Gasteiger partial charge on any atom is -0.479 e. The van der Waals surface area contributed by atoms with Crippen molar-refractivity contribution in [2.75, 3.05) is 13.2 Å². The van der Waals surface area contributed by atoms with Gasteiger partial charge >= 0.3 is 5.97 Å². The zero-order valence-corrected chi connectivity index (χ0v) is 8.90. The SMILES string of the molecule is O=C(O)C(OCCCO)c1cc(F)ccc1F. The predicted octanol–water partition coefficient (Wildman–Crippen LogP) is 1.49. The summed E-state index contributed by atoms with van der Waals surface area (Å²) >= 11 is 0. The Morgan fingerprint density at radius 1 is 1.41 bits per heavy atom. The second kappa shape index (κ2) is 6.27. The third-order valence-corrected chi connectivity index (χ3v) is 2.05. The lowest BCUT2D eigenvalue weighted by molar-refractivity contribution is -0.151. The van der Waals surface area contributed by atoms with E-state index in [1.807, 2.05) is 0 Å². The Bertz CT molecular complexity index is 395. The summed E-state index contributed by atoms with van der Waals surface area (Å²) in [5.41, 5.74) is -0.365. The summed E-state index contributed by atoms with van der Waals surface area (Å²) in [7, 11) is 0. The van der Waals surface area contributed by atoms with Crippen molar-refractivity contribution in [3.63, 3.8) is 0 Å². The molecule has 0 bridgehead atoms. The number of aliphatic hydroxyl groups is 1. The van der Waals surface area contributed by atoms with Gasteiger partial charge in [0.2, 0.25) is 0 Å². The number of benzene rings is 1. The maximum Gasteiger partial charge on any atom is 0.337 e. The molecule has 0 saturated heterocycles. The second-order valence-electron chi connectivity index (χ2n) is 3.33. The quantitative estimate of drug-likeness (QED) is 0.746. The van der Waals surface area contributed by atoms with Gasteiger partial charge in [-0.3, -0.25) is 0 Å². The van der Waals surface area contributed by atoms with E-state index in [9.17, 15) is 13.6 Å². The third-order valence-electron chi connectivity index (χ3n) is 2.05. The molecule has 4 nitrogen and oxygen atoms in total. The Hall–Kier alpha value is -1.53. The smallest absolute Gasteiger partial charge is 0.337 e. The lowest BCUT2D eigenvalue weighted by atomic mass is 10.1. The monoisotopic (exact) mass is 246 g/mol. The molecule has 0 fully saturated rings. The topological polar surface area (TPSA) is 66.8 Å². The largest absolute Gasteiger partial charge is 0.479 e. The summed E-state index contributed by atoms with van der Waals surface area (Å²) < 4.78 is 31.1. The maximum absolute atomic E-state index is 13.3. The van der Waals surface area contributed by atoms with Gasteiger partial charge in [-0.2, -0.15) is 0 Å². The Balaban J connectivity index is 2.89. The van der Waals surface area contributed by atoms with Crippen molar-refractivity contribution in [1.29, 1.82) is 0 Å². The van der Waals surface area contributed by atoms with Crippen LogP contribution in [0.25, 0.3) is 0 Å². The van der Waals surface area contributed by atoms with E-state index in [4.69, 9.17) is 14.9 Å². The molecule has 0 amide bonds. The van der Waals surface area contributed by atoms with Crippen LogP contribution in [0.15, 0.2) is 18.2 Å². The molecule has 0 aliphatic rings. The summed E-state index contributed by atoms with van der Waals surface area (Å²) in [5.74, 6) is -2.99. The van der Waals surface area contributed by atoms with Crippen molar-refractivity contribution in [3.8, 4) is 0 Å². The summed E-state index contributed by atoms with van der Waals surface area (Å²) in [6, 6.07) is 2.52. The van der Waals surface area contributed by atoms with Gasteiger partial charge in [-0.25, -0.2) is 13.6 Å². The molecular formula is C11H12F2O4.